The molecule has 3 aromatic carbocycles. The molecular weight excluding hydrogens is 484 g/mol. The fourth-order valence-corrected chi connectivity index (χ4v) is 5.48. The zero-order valence-electron chi connectivity index (χ0n) is 18.6. The first-order valence-corrected chi connectivity index (χ1v) is 12.0. The van der Waals surface area contributed by atoms with Gasteiger partial charge in [0.1, 0.15) is 33.8 Å². The third-order valence-electron chi connectivity index (χ3n) is 5.62. The monoisotopic (exact) mass is 502 g/mol. The van der Waals surface area contributed by atoms with Crippen LogP contribution in [0.25, 0.3) is 10.1 Å². The predicted octanol–water partition coefficient (Wildman–Crippen LogP) is 6.39. The normalized spacial score (nSPS) is 14.7. The molecule has 2 N–H and O–H groups in total. The maximum absolute atomic E-state index is 12.9. The highest BCUT2D eigenvalue weighted by atomic mass is 35.5. The molecule has 0 saturated heterocycles. The minimum Gasteiger partial charge on any atom is -0.494 e. The highest BCUT2D eigenvalue weighted by Gasteiger charge is 2.31. The van der Waals surface area contributed by atoms with E-state index in [4.69, 9.17) is 31.5 Å². The third kappa shape index (κ3) is 4.18. The number of halogens is 1. The lowest BCUT2D eigenvalue weighted by Gasteiger charge is -2.27. The fraction of sp³-hybridized carbons (Fsp3) is 0.111. The van der Waals surface area contributed by atoms with Crippen molar-refractivity contribution in [1.29, 1.82) is 5.26 Å². The summed E-state index contributed by atoms with van der Waals surface area (Å²) in [6, 6.07) is 22.2. The van der Waals surface area contributed by atoms with Crippen molar-refractivity contribution in [3.8, 4) is 23.3 Å². The summed E-state index contributed by atoms with van der Waals surface area (Å²) in [4.78, 5) is 13.2. The third-order valence-corrected chi connectivity index (χ3v) is 7.28. The number of carbonyl (C=O) groups excluding carboxylic acids is 1. The quantitative estimate of drug-likeness (QED) is 0.251. The van der Waals surface area contributed by atoms with Crippen molar-refractivity contribution in [3.05, 3.63) is 99.2 Å². The molecule has 6 nitrogen and oxygen atoms in total. The Morgan fingerprint density at radius 1 is 1.14 bits per heavy atom. The van der Waals surface area contributed by atoms with E-state index in [1.807, 2.05) is 55.5 Å². The summed E-state index contributed by atoms with van der Waals surface area (Å²) in [7, 11) is 0. The van der Waals surface area contributed by atoms with Gasteiger partial charge in [0.15, 0.2) is 0 Å². The highest BCUT2D eigenvalue weighted by molar-refractivity contribution is 7.21. The highest BCUT2D eigenvalue weighted by Crippen LogP contribution is 2.44. The lowest BCUT2D eigenvalue weighted by Crippen LogP contribution is -2.21. The van der Waals surface area contributed by atoms with Crippen LogP contribution in [0.15, 0.2) is 78.2 Å². The van der Waals surface area contributed by atoms with E-state index in [9.17, 15) is 10.1 Å². The minimum atomic E-state index is -0.561. The number of ether oxygens (including phenoxy) is 3. The van der Waals surface area contributed by atoms with E-state index in [0.717, 1.165) is 21.2 Å². The molecule has 0 radical (unpaired) electrons. The van der Waals surface area contributed by atoms with Crippen molar-refractivity contribution in [3.63, 3.8) is 0 Å². The Balaban J connectivity index is 1.49. The maximum atomic E-state index is 12.9. The van der Waals surface area contributed by atoms with Crippen LogP contribution < -0.4 is 19.9 Å². The van der Waals surface area contributed by atoms with Gasteiger partial charge < -0.3 is 19.9 Å². The molecule has 1 aliphatic heterocycles. The number of rotatable bonds is 5. The number of nitrogens with zero attached hydrogens (tertiary/aromatic N) is 1. The van der Waals surface area contributed by atoms with Crippen molar-refractivity contribution in [2.75, 3.05) is 6.61 Å². The van der Waals surface area contributed by atoms with Gasteiger partial charge in [0.2, 0.25) is 5.88 Å². The average Bonchev–Trinajstić information content (AvgIpc) is 3.20. The molecule has 0 bridgehead atoms. The van der Waals surface area contributed by atoms with E-state index < -0.39 is 11.9 Å². The molecule has 8 heteroatoms. The molecule has 1 atom stereocenters. The van der Waals surface area contributed by atoms with E-state index in [2.05, 4.69) is 6.07 Å². The van der Waals surface area contributed by atoms with Gasteiger partial charge in [-0.05, 0) is 36.8 Å². The lowest BCUT2D eigenvalue weighted by molar-refractivity contribution is 0.0740. The van der Waals surface area contributed by atoms with Crippen LogP contribution in [-0.4, -0.2) is 12.6 Å². The van der Waals surface area contributed by atoms with Crippen molar-refractivity contribution in [2.24, 2.45) is 5.73 Å². The SMILES string of the molecule is CCOc1cccc(C2C(C#N)=C(N)Oc3cc(OC(=O)c4sc5ccccc5c4Cl)ccc32)c1. The number of hydrogen-bond acceptors (Lipinski definition) is 7. The molecule has 0 aliphatic carbocycles. The Morgan fingerprint density at radius 3 is 2.74 bits per heavy atom. The number of nitrogens with two attached hydrogens (primary N) is 1. The molecule has 1 aromatic heterocycles. The Bertz CT molecular complexity index is 1540. The molecule has 5 rings (SSSR count). The zero-order valence-corrected chi connectivity index (χ0v) is 20.2. The second kappa shape index (κ2) is 9.34. The molecule has 0 fully saturated rings. The molecule has 4 aromatic rings. The first-order valence-electron chi connectivity index (χ1n) is 10.8. The Morgan fingerprint density at radius 2 is 1.97 bits per heavy atom. The van der Waals surface area contributed by atoms with E-state index in [0.29, 0.717) is 33.6 Å². The van der Waals surface area contributed by atoms with E-state index in [-0.39, 0.29) is 11.6 Å². The fourth-order valence-electron chi connectivity index (χ4n) is 4.09. The summed E-state index contributed by atoms with van der Waals surface area (Å²) in [6.07, 6.45) is 0. The number of carbonyl (C=O) groups is 1. The van der Waals surface area contributed by atoms with Crippen LogP contribution in [0.5, 0.6) is 17.2 Å². The smallest absolute Gasteiger partial charge is 0.355 e. The van der Waals surface area contributed by atoms with Crippen molar-refractivity contribution in [2.45, 2.75) is 12.8 Å². The molecule has 1 aliphatic rings. The van der Waals surface area contributed by atoms with Crippen LogP contribution >= 0.6 is 22.9 Å². The van der Waals surface area contributed by atoms with Crippen molar-refractivity contribution < 1.29 is 19.0 Å². The topological polar surface area (TPSA) is 94.6 Å². The lowest BCUT2D eigenvalue weighted by atomic mass is 9.83. The Labute approximate surface area is 210 Å². The first kappa shape index (κ1) is 22.8. The van der Waals surface area contributed by atoms with Crippen LogP contribution in [0, 0.1) is 11.3 Å². The summed E-state index contributed by atoms with van der Waals surface area (Å²) in [5, 5.41) is 11.0. The molecule has 2 heterocycles. The number of hydrogen-bond donors (Lipinski definition) is 1. The number of thiophene rings is 1. The van der Waals surface area contributed by atoms with Gasteiger partial charge in [-0.2, -0.15) is 5.26 Å². The van der Waals surface area contributed by atoms with Gasteiger partial charge in [-0.1, -0.05) is 48.0 Å². The van der Waals surface area contributed by atoms with Crippen LogP contribution in [0.1, 0.15) is 33.6 Å². The van der Waals surface area contributed by atoms with Gasteiger partial charge in [-0.15, -0.1) is 11.3 Å². The number of nitriles is 1. The average molecular weight is 503 g/mol. The molecule has 0 amide bonds. The van der Waals surface area contributed by atoms with Gasteiger partial charge in [-0.3, -0.25) is 0 Å². The summed E-state index contributed by atoms with van der Waals surface area (Å²) >= 11 is 7.70. The number of benzene rings is 3. The first-order chi connectivity index (χ1) is 17.0. The second-order valence-electron chi connectivity index (χ2n) is 7.76. The number of fused-ring (bicyclic) bond motifs is 2. The minimum absolute atomic E-state index is 0.00263. The Kier molecular flexibility index (Phi) is 6.08. The summed E-state index contributed by atoms with van der Waals surface area (Å²) in [6.45, 7) is 2.43. The summed E-state index contributed by atoms with van der Waals surface area (Å²) < 4.78 is 17.9. The van der Waals surface area contributed by atoms with Crippen LogP contribution in [0.2, 0.25) is 5.02 Å². The second-order valence-corrected chi connectivity index (χ2v) is 9.19. The maximum Gasteiger partial charge on any atom is 0.355 e. The van der Waals surface area contributed by atoms with Crippen LogP contribution in [-0.2, 0) is 0 Å². The van der Waals surface area contributed by atoms with Crippen LogP contribution in [0.3, 0.4) is 0 Å². The van der Waals surface area contributed by atoms with Gasteiger partial charge in [-0.25, -0.2) is 4.79 Å². The van der Waals surface area contributed by atoms with Crippen molar-refractivity contribution in [1.82, 2.24) is 0 Å². The molecular formula is C27H19ClN2O4S. The van der Waals surface area contributed by atoms with Gasteiger partial charge >= 0.3 is 5.97 Å². The molecule has 0 saturated carbocycles. The number of allylic oxidation sites excluding steroid dienone is 1. The standard InChI is InChI=1S/C27H19ClN2O4S/c1-2-32-16-7-5-6-15(12-16)23-18-11-10-17(13-21(18)34-26(30)20(23)14-29)33-27(31)25-24(28)19-8-3-4-9-22(19)35-25/h3-13,23H,2,30H2,1H3. The van der Waals surface area contributed by atoms with E-state index in [1.54, 1.807) is 18.2 Å². The summed E-state index contributed by atoms with van der Waals surface area (Å²) in [5.41, 5.74) is 7.97. The molecule has 174 valence electrons. The van der Waals surface area contributed by atoms with Gasteiger partial charge in [0, 0.05) is 21.7 Å². The van der Waals surface area contributed by atoms with E-state index >= 15 is 0 Å². The number of esters is 1. The Hall–Kier alpha value is -3.99. The predicted molar refractivity (Wildman–Crippen MR) is 135 cm³/mol. The van der Waals surface area contributed by atoms with E-state index in [1.165, 1.54) is 11.3 Å². The largest absolute Gasteiger partial charge is 0.494 e. The molecule has 0 spiro atoms. The molecule has 35 heavy (non-hydrogen) atoms. The van der Waals surface area contributed by atoms with Gasteiger partial charge in [0.05, 0.1) is 17.5 Å². The van der Waals surface area contributed by atoms with Crippen LogP contribution in [0.4, 0.5) is 0 Å². The summed E-state index contributed by atoms with van der Waals surface area (Å²) in [5.74, 6) is 0.362. The molecule has 1 unspecified atom stereocenters. The van der Waals surface area contributed by atoms with Crippen molar-refractivity contribution >= 4 is 39.0 Å². The zero-order chi connectivity index (χ0) is 24.5. The van der Waals surface area contributed by atoms with Gasteiger partial charge in [0.25, 0.3) is 0 Å².